The van der Waals surface area contributed by atoms with Crippen molar-refractivity contribution >= 4 is 34.1 Å². The average molecular weight is 681 g/mol. The van der Waals surface area contributed by atoms with Gasteiger partial charge in [0.15, 0.2) is 0 Å². The zero-order chi connectivity index (χ0) is 35.4. The van der Waals surface area contributed by atoms with Crippen LogP contribution < -0.4 is 11.0 Å². The van der Waals surface area contributed by atoms with Crippen LogP contribution in [0.1, 0.15) is 69.3 Å². The summed E-state index contributed by atoms with van der Waals surface area (Å²) in [6, 6.07) is 21.2. The summed E-state index contributed by atoms with van der Waals surface area (Å²) in [4.78, 5) is 49.7. The molecule has 1 fully saturated rings. The zero-order valence-corrected chi connectivity index (χ0v) is 29.7. The molecule has 50 heavy (non-hydrogen) atoms. The Hall–Kier alpha value is -4.90. The molecule has 2 amide bonds. The van der Waals surface area contributed by atoms with Crippen LogP contribution >= 0.6 is 0 Å². The van der Waals surface area contributed by atoms with Crippen LogP contribution in [0.4, 0.5) is 4.79 Å². The van der Waals surface area contributed by atoms with E-state index in [9.17, 15) is 14.4 Å². The van der Waals surface area contributed by atoms with Crippen molar-refractivity contribution in [3.8, 4) is 5.69 Å². The molecule has 1 aliphatic rings. The molecule has 3 aromatic carbocycles. The second kappa shape index (κ2) is 14.9. The van der Waals surface area contributed by atoms with E-state index in [0.717, 1.165) is 70.5 Å². The molecule has 2 atom stereocenters. The number of rotatable bonds is 11. The summed E-state index contributed by atoms with van der Waals surface area (Å²) in [7, 11) is 1.71. The Balaban J connectivity index is 1.19. The number of nitrogens with zero attached hydrogens (tertiary/aromatic N) is 4. The molecule has 1 aliphatic heterocycles. The lowest BCUT2D eigenvalue weighted by atomic mass is 9.95. The van der Waals surface area contributed by atoms with Gasteiger partial charge in [-0.15, -0.1) is 0 Å². The monoisotopic (exact) mass is 680 g/mol. The number of aromatic nitrogens is 4. The summed E-state index contributed by atoms with van der Waals surface area (Å²) in [6.07, 6.45) is 2.67. The first-order valence-corrected chi connectivity index (χ1v) is 17.5. The van der Waals surface area contributed by atoms with Gasteiger partial charge in [-0.1, -0.05) is 36.4 Å². The van der Waals surface area contributed by atoms with E-state index in [2.05, 4.69) is 20.9 Å². The lowest BCUT2D eigenvalue weighted by molar-refractivity contribution is -0.133. The van der Waals surface area contributed by atoms with Gasteiger partial charge in [-0.25, -0.2) is 14.6 Å². The lowest BCUT2D eigenvalue weighted by Gasteiger charge is -2.34. The van der Waals surface area contributed by atoms with E-state index in [-0.39, 0.29) is 23.9 Å². The molecule has 11 nitrogen and oxygen atoms in total. The number of para-hydroxylation sites is 3. The molecule has 0 aliphatic carbocycles. The predicted octanol–water partition coefficient (Wildman–Crippen LogP) is 6.25. The number of benzene rings is 3. The molecule has 2 N–H and O–H groups in total. The number of hydrogen-bond donors (Lipinski definition) is 2. The Bertz CT molecular complexity index is 2020. The van der Waals surface area contributed by atoms with Crippen molar-refractivity contribution in [2.75, 3.05) is 26.8 Å². The second-order valence-corrected chi connectivity index (χ2v) is 14.3. The van der Waals surface area contributed by atoms with Gasteiger partial charge in [0.25, 0.3) is 0 Å². The van der Waals surface area contributed by atoms with Gasteiger partial charge in [0.05, 0.1) is 27.8 Å². The van der Waals surface area contributed by atoms with E-state index in [1.54, 1.807) is 11.7 Å². The van der Waals surface area contributed by atoms with Crippen LogP contribution in [0.25, 0.3) is 27.8 Å². The van der Waals surface area contributed by atoms with Crippen LogP contribution in [0.3, 0.4) is 0 Å². The first-order chi connectivity index (χ1) is 24.0. The number of imidazole rings is 2. The third kappa shape index (κ3) is 7.94. The highest BCUT2D eigenvalue weighted by Crippen LogP contribution is 2.30. The number of carbonyl (C=O) groups excluding carboxylic acids is 2. The van der Waals surface area contributed by atoms with Gasteiger partial charge >= 0.3 is 11.8 Å². The molecule has 6 rings (SSSR count). The SMILES string of the molecule is COCCCn1c([C@@H]2CCCN(C(=O)C[C@@H](Cc3ccc(-n4c(=O)[nH]c5c(C)cccc54)cc3)NC(=O)OC(C)(C)C)C2)nc2ccccc21. The van der Waals surface area contributed by atoms with Crippen molar-refractivity contribution in [2.45, 2.75) is 83.9 Å². The van der Waals surface area contributed by atoms with Gasteiger partial charge in [0, 0.05) is 51.7 Å². The average Bonchev–Trinajstić information content (AvgIpc) is 3.62. The molecule has 5 aromatic rings. The van der Waals surface area contributed by atoms with Gasteiger partial charge in [-0.3, -0.25) is 9.36 Å². The molecule has 0 saturated carbocycles. The summed E-state index contributed by atoms with van der Waals surface area (Å²) in [6.45, 7) is 10.1. The van der Waals surface area contributed by atoms with Crippen molar-refractivity contribution < 1.29 is 19.1 Å². The van der Waals surface area contributed by atoms with Crippen LogP contribution in [-0.4, -0.2) is 74.5 Å². The highest BCUT2D eigenvalue weighted by Gasteiger charge is 2.30. The van der Waals surface area contributed by atoms with Crippen LogP contribution in [0.15, 0.2) is 71.5 Å². The third-order valence-corrected chi connectivity index (χ3v) is 9.30. The molecule has 3 heterocycles. The summed E-state index contributed by atoms with van der Waals surface area (Å²) < 4.78 is 14.9. The van der Waals surface area contributed by atoms with E-state index in [1.165, 1.54) is 0 Å². The van der Waals surface area contributed by atoms with Gasteiger partial charge in [-0.2, -0.15) is 0 Å². The number of amides is 2. The number of nitrogens with one attached hydrogen (secondary N) is 2. The molecule has 0 bridgehead atoms. The summed E-state index contributed by atoms with van der Waals surface area (Å²) >= 11 is 0. The number of carbonyl (C=O) groups is 2. The molecule has 11 heteroatoms. The van der Waals surface area contributed by atoms with Crippen LogP contribution in [0.5, 0.6) is 0 Å². The molecule has 0 radical (unpaired) electrons. The standard InChI is InChI=1S/C39H48N6O5/c1-26-11-8-15-33-35(26)42-37(47)45(33)30-18-16-27(17-19-30)23-29(40-38(48)50-39(2,3)4)24-34(46)43-20-9-12-28(25-43)36-41-31-13-6-7-14-32(31)44(36)21-10-22-49-5/h6-8,11,13-19,28-29H,9-10,12,20-25H2,1-5H3,(H,40,48)(H,42,47)/t28-,29-/m1/s1. The predicted molar refractivity (Wildman–Crippen MR) is 195 cm³/mol. The number of alkyl carbamates (subject to hydrolysis) is 1. The molecular weight excluding hydrogens is 632 g/mol. The number of fused-ring (bicyclic) bond motifs is 2. The largest absolute Gasteiger partial charge is 0.444 e. The Kier molecular flexibility index (Phi) is 10.4. The third-order valence-electron chi connectivity index (χ3n) is 9.30. The molecule has 264 valence electrons. The number of H-pyrrole nitrogens is 1. The quantitative estimate of drug-likeness (QED) is 0.159. The maximum Gasteiger partial charge on any atom is 0.407 e. The van der Waals surface area contributed by atoms with E-state index < -0.39 is 17.7 Å². The molecule has 1 saturated heterocycles. The van der Waals surface area contributed by atoms with Crippen molar-refractivity contribution in [3.63, 3.8) is 0 Å². The van der Waals surface area contributed by atoms with Gasteiger partial charge < -0.3 is 29.2 Å². The fourth-order valence-corrected chi connectivity index (χ4v) is 7.01. The lowest BCUT2D eigenvalue weighted by Crippen LogP contribution is -2.46. The first kappa shape index (κ1) is 34.9. The van der Waals surface area contributed by atoms with E-state index in [4.69, 9.17) is 14.5 Å². The second-order valence-electron chi connectivity index (χ2n) is 14.3. The molecular formula is C39H48N6O5. The highest BCUT2D eigenvalue weighted by atomic mass is 16.6. The topological polar surface area (TPSA) is 123 Å². The minimum atomic E-state index is -0.681. The summed E-state index contributed by atoms with van der Waals surface area (Å²) in [5.74, 6) is 1.09. The Morgan fingerprint density at radius 1 is 1.04 bits per heavy atom. The van der Waals surface area contributed by atoms with Crippen molar-refractivity contribution in [1.29, 1.82) is 0 Å². The summed E-state index contributed by atoms with van der Waals surface area (Å²) in [5, 5.41) is 2.98. The zero-order valence-electron chi connectivity index (χ0n) is 29.7. The van der Waals surface area contributed by atoms with Gasteiger partial charge in [-0.05, 0) is 94.8 Å². The summed E-state index contributed by atoms with van der Waals surface area (Å²) in [5.41, 5.74) is 5.44. The number of piperidine rings is 1. The number of methoxy groups -OCH3 is 1. The van der Waals surface area contributed by atoms with Gasteiger partial charge in [0.2, 0.25) is 5.91 Å². The van der Waals surface area contributed by atoms with Crippen LogP contribution in [0.2, 0.25) is 0 Å². The maximum absolute atomic E-state index is 14.0. The Morgan fingerprint density at radius 2 is 1.80 bits per heavy atom. The first-order valence-electron chi connectivity index (χ1n) is 17.5. The number of likely N-dealkylation sites (tertiary alicyclic amines) is 1. The van der Waals surface area contributed by atoms with Crippen LogP contribution in [0, 0.1) is 6.92 Å². The Morgan fingerprint density at radius 3 is 2.56 bits per heavy atom. The molecule has 2 aromatic heterocycles. The number of aromatic amines is 1. The highest BCUT2D eigenvalue weighted by molar-refractivity contribution is 5.81. The maximum atomic E-state index is 14.0. The van der Waals surface area contributed by atoms with Crippen molar-refractivity contribution in [3.05, 3.63) is 94.2 Å². The molecule has 0 spiro atoms. The van der Waals surface area contributed by atoms with E-state index >= 15 is 0 Å². The fraction of sp³-hybridized carbons (Fsp3) is 0.436. The van der Waals surface area contributed by atoms with Crippen LogP contribution in [-0.2, 0) is 27.2 Å². The fourth-order valence-electron chi connectivity index (χ4n) is 7.01. The smallest absolute Gasteiger partial charge is 0.407 e. The number of aryl methyl sites for hydroxylation is 2. The minimum absolute atomic E-state index is 0.0184. The normalized spacial score (nSPS) is 15.8. The van der Waals surface area contributed by atoms with E-state index in [0.29, 0.717) is 26.1 Å². The minimum Gasteiger partial charge on any atom is -0.444 e. The number of ether oxygens (including phenoxy) is 2. The number of hydrogen-bond acceptors (Lipinski definition) is 6. The Labute approximate surface area is 292 Å². The van der Waals surface area contributed by atoms with Gasteiger partial charge in [0.1, 0.15) is 11.4 Å². The van der Waals surface area contributed by atoms with Crippen molar-refractivity contribution in [1.82, 2.24) is 29.3 Å². The molecule has 0 unspecified atom stereocenters. The van der Waals surface area contributed by atoms with E-state index in [1.807, 2.05) is 93.3 Å². The van der Waals surface area contributed by atoms with Crippen molar-refractivity contribution in [2.24, 2.45) is 0 Å².